The average molecular weight is 282 g/mol. The topological polar surface area (TPSA) is 41.6 Å². The first-order chi connectivity index (χ1) is 7.22. The zero-order valence-corrected chi connectivity index (χ0v) is 10.4. The van der Waals surface area contributed by atoms with Gasteiger partial charge in [0.1, 0.15) is 11.7 Å². The van der Waals surface area contributed by atoms with Gasteiger partial charge in [-0.05, 0) is 22.0 Å². The number of nitriles is 1. The molecule has 0 bridgehead atoms. The lowest BCUT2D eigenvalue weighted by molar-refractivity contribution is 0.790. The van der Waals surface area contributed by atoms with Gasteiger partial charge in [-0.15, -0.1) is 11.3 Å². The third kappa shape index (κ3) is 1.96. The van der Waals surface area contributed by atoms with Crippen LogP contribution in [0.5, 0.6) is 0 Å². The van der Waals surface area contributed by atoms with Crippen molar-refractivity contribution in [2.45, 2.75) is 5.92 Å². The lowest BCUT2D eigenvalue weighted by Gasteiger charge is -2.06. The molecule has 15 heavy (non-hydrogen) atoms. The summed E-state index contributed by atoms with van der Waals surface area (Å²) in [6, 6.07) is 4.25. The van der Waals surface area contributed by atoms with E-state index in [1.54, 1.807) is 17.5 Å². The zero-order valence-electron chi connectivity index (χ0n) is 8.01. The van der Waals surface area contributed by atoms with Gasteiger partial charge >= 0.3 is 0 Å². The van der Waals surface area contributed by atoms with E-state index >= 15 is 0 Å². The van der Waals surface area contributed by atoms with Crippen molar-refractivity contribution in [1.82, 2.24) is 9.55 Å². The second kappa shape index (κ2) is 4.17. The lowest BCUT2D eigenvalue weighted by Crippen LogP contribution is -2.04. The maximum atomic E-state index is 9.17. The van der Waals surface area contributed by atoms with Crippen molar-refractivity contribution < 1.29 is 0 Å². The highest BCUT2D eigenvalue weighted by atomic mass is 79.9. The van der Waals surface area contributed by atoms with Crippen LogP contribution in [-0.2, 0) is 7.05 Å². The normalized spacial score (nSPS) is 12.3. The van der Waals surface area contributed by atoms with Crippen molar-refractivity contribution in [3.8, 4) is 6.07 Å². The van der Waals surface area contributed by atoms with E-state index in [0.717, 1.165) is 15.2 Å². The molecule has 5 heteroatoms. The van der Waals surface area contributed by atoms with Crippen LogP contribution in [-0.4, -0.2) is 9.55 Å². The largest absolute Gasteiger partial charge is 0.337 e. The molecular formula is C10H8BrN3S. The number of halogens is 1. The molecule has 0 N–H and O–H groups in total. The third-order valence-electron chi connectivity index (χ3n) is 2.12. The number of rotatable bonds is 2. The summed E-state index contributed by atoms with van der Waals surface area (Å²) >= 11 is 4.95. The molecule has 0 aliphatic rings. The van der Waals surface area contributed by atoms with Crippen molar-refractivity contribution in [3.63, 3.8) is 0 Å². The van der Waals surface area contributed by atoms with Crippen LogP contribution in [0, 0.1) is 11.3 Å². The monoisotopic (exact) mass is 281 g/mol. The molecule has 2 rings (SSSR count). The van der Waals surface area contributed by atoms with Crippen molar-refractivity contribution in [3.05, 3.63) is 39.0 Å². The van der Waals surface area contributed by atoms with E-state index in [9.17, 15) is 5.26 Å². The fourth-order valence-electron chi connectivity index (χ4n) is 1.38. The number of imidazole rings is 1. The molecule has 0 fully saturated rings. The Balaban J connectivity index is 2.42. The standard InChI is InChI=1S/C10H8BrN3S/c1-14-3-2-13-10(14)8(5-12)9-4-7(11)6-15-9/h2-4,6,8H,1H3. The summed E-state index contributed by atoms with van der Waals surface area (Å²) in [6.45, 7) is 0. The highest BCUT2D eigenvalue weighted by Crippen LogP contribution is 2.30. The van der Waals surface area contributed by atoms with Crippen LogP contribution in [0.25, 0.3) is 0 Å². The molecule has 2 heterocycles. The molecule has 76 valence electrons. The quantitative estimate of drug-likeness (QED) is 0.849. The van der Waals surface area contributed by atoms with Crippen LogP contribution >= 0.6 is 27.3 Å². The number of thiophene rings is 1. The minimum Gasteiger partial charge on any atom is -0.337 e. The van der Waals surface area contributed by atoms with Gasteiger partial charge in [0.05, 0.1) is 6.07 Å². The molecular weight excluding hydrogens is 274 g/mol. The Kier molecular flexibility index (Phi) is 2.89. The molecule has 2 aromatic heterocycles. The van der Waals surface area contributed by atoms with Gasteiger partial charge in [-0.3, -0.25) is 0 Å². The molecule has 1 unspecified atom stereocenters. The second-order valence-electron chi connectivity index (χ2n) is 3.13. The maximum Gasteiger partial charge on any atom is 0.138 e. The van der Waals surface area contributed by atoms with E-state index in [0.29, 0.717) is 0 Å². The summed E-state index contributed by atoms with van der Waals surface area (Å²) in [5.41, 5.74) is 0. The van der Waals surface area contributed by atoms with Crippen LogP contribution in [0.1, 0.15) is 16.6 Å². The Morgan fingerprint density at radius 1 is 1.67 bits per heavy atom. The highest BCUT2D eigenvalue weighted by Gasteiger charge is 2.19. The number of aromatic nitrogens is 2. The first kappa shape index (κ1) is 10.4. The lowest BCUT2D eigenvalue weighted by atomic mass is 10.1. The zero-order chi connectivity index (χ0) is 10.8. The van der Waals surface area contributed by atoms with Crippen LogP contribution in [0.2, 0.25) is 0 Å². The smallest absolute Gasteiger partial charge is 0.138 e. The Labute approximate surface area is 100 Å². The second-order valence-corrected chi connectivity index (χ2v) is 4.98. The first-order valence-electron chi connectivity index (χ1n) is 4.33. The summed E-state index contributed by atoms with van der Waals surface area (Å²) in [5.74, 6) is 0.508. The van der Waals surface area contributed by atoms with E-state index in [-0.39, 0.29) is 5.92 Å². The molecule has 0 spiro atoms. The van der Waals surface area contributed by atoms with Gasteiger partial charge in [0.2, 0.25) is 0 Å². The number of hydrogen-bond acceptors (Lipinski definition) is 3. The highest BCUT2D eigenvalue weighted by molar-refractivity contribution is 9.10. The molecule has 0 aliphatic carbocycles. The summed E-state index contributed by atoms with van der Waals surface area (Å²) < 4.78 is 2.89. The predicted octanol–water partition coefficient (Wildman–Crippen LogP) is 2.90. The van der Waals surface area contributed by atoms with Crippen LogP contribution in [0.4, 0.5) is 0 Å². The van der Waals surface area contributed by atoms with Gasteiger partial charge in [0.25, 0.3) is 0 Å². The molecule has 0 saturated heterocycles. The number of aryl methyl sites for hydroxylation is 1. The fraction of sp³-hybridized carbons (Fsp3) is 0.200. The SMILES string of the molecule is Cn1ccnc1C(C#N)c1cc(Br)cs1. The van der Waals surface area contributed by atoms with E-state index in [1.807, 2.05) is 29.3 Å². The molecule has 0 radical (unpaired) electrons. The molecule has 0 aromatic carbocycles. The van der Waals surface area contributed by atoms with E-state index in [2.05, 4.69) is 27.0 Å². The molecule has 0 aliphatic heterocycles. The number of nitrogens with zero attached hydrogens (tertiary/aromatic N) is 3. The molecule has 3 nitrogen and oxygen atoms in total. The minimum atomic E-state index is -0.277. The van der Waals surface area contributed by atoms with Crippen molar-refractivity contribution >= 4 is 27.3 Å². The van der Waals surface area contributed by atoms with Crippen LogP contribution in [0.3, 0.4) is 0 Å². The van der Waals surface area contributed by atoms with E-state index in [4.69, 9.17) is 0 Å². The summed E-state index contributed by atoms with van der Waals surface area (Å²) in [6.07, 6.45) is 3.56. The van der Waals surface area contributed by atoms with Crippen LogP contribution < -0.4 is 0 Å². The van der Waals surface area contributed by atoms with Gasteiger partial charge in [-0.25, -0.2) is 4.98 Å². The molecule has 0 saturated carbocycles. The Bertz CT molecular complexity index is 509. The van der Waals surface area contributed by atoms with Gasteiger partial charge < -0.3 is 4.57 Å². The summed E-state index contributed by atoms with van der Waals surface area (Å²) in [4.78, 5) is 5.22. The maximum absolute atomic E-state index is 9.17. The van der Waals surface area contributed by atoms with Gasteiger partial charge in [0.15, 0.2) is 0 Å². The fourth-order valence-corrected chi connectivity index (χ4v) is 2.87. The van der Waals surface area contributed by atoms with Crippen molar-refractivity contribution in [2.75, 3.05) is 0 Å². The summed E-state index contributed by atoms with van der Waals surface area (Å²) in [5, 5.41) is 11.1. The summed E-state index contributed by atoms with van der Waals surface area (Å²) in [7, 11) is 1.90. The van der Waals surface area contributed by atoms with Gasteiger partial charge in [-0.2, -0.15) is 5.26 Å². The Morgan fingerprint density at radius 2 is 2.47 bits per heavy atom. The van der Waals surface area contributed by atoms with Gasteiger partial charge in [-0.1, -0.05) is 0 Å². The molecule has 1 atom stereocenters. The molecule has 0 amide bonds. The third-order valence-corrected chi connectivity index (χ3v) is 3.88. The van der Waals surface area contributed by atoms with E-state index < -0.39 is 0 Å². The van der Waals surface area contributed by atoms with Crippen LogP contribution in [0.15, 0.2) is 28.3 Å². The number of hydrogen-bond donors (Lipinski definition) is 0. The predicted molar refractivity (Wildman–Crippen MR) is 62.7 cm³/mol. The first-order valence-corrected chi connectivity index (χ1v) is 6.00. The minimum absolute atomic E-state index is 0.277. The van der Waals surface area contributed by atoms with Gasteiger partial charge in [0, 0.05) is 34.2 Å². The van der Waals surface area contributed by atoms with E-state index in [1.165, 1.54) is 0 Å². The van der Waals surface area contributed by atoms with Crippen molar-refractivity contribution in [2.24, 2.45) is 7.05 Å². The Morgan fingerprint density at radius 3 is 2.93 bits per heavy atom. The Hall–Kier alpha value is -1.12. The van der Waals surface area contributed by atoms with Crippen molar-refractivity contribution in [1.29, 1.82) is 5.26 Å². The average Bonchev–Trinajstić information content (AvgIpc) is 2.79. The molecule has 2 aromatic rings.